The summed E-state index contributed by atoms with van der Waals surface area (Å²) >= 11 is 5.81. The van der Waals surface area contributed by atoms with Gasteiger partial charge in [-0.2, -0.15) is 0 Å². The van der Waals surface area contributed by atoms with E-state index in [9.17, 15) is 18.4 Å². The van der Waals surface area contributed by atoms with Gasteiger partial charge in [0.25, 0.3) is 5.56 Å². The Morgan fingerprint density at radius 2 is 1.88 bits per heavy atom. The summed E-state index contributed by atoms with van der Waals surface area (Å²) in [5.74, 6) is -2.70. The molecule has 0 N–H and O–H groups in total. The van der Waals surface area contributed by atoms with E-state index in [4.69, 9.17) is 16.3 Å². The molecule has 2 aromatic heterocycles. The molecule has 0 saturated carbocycles. The standard InChI is InChI=1S/C16H9ClF2N2O3/c17-10-1-2-14-20-13(6-15(22)21(14)7-10)8-24-16(23)9-3-11(18)5-12(19)4-9/h1-7H,8H2. The average molecular weight is 351 g/mol. The number of pyridine rings is 1. The summed E-state index contributed by atoms with van der Waals surface area (Å²) in [6.45, 7) is -0.314. The van der Waals surface area contributed by atoms with Gasteiger partial charge in [0.1, 0.15) is 23.9 Å². The van der Waals surface area contributed by atoms with Crippen molar-refractivity contribution < 1.29 is 18.3 Å². The number of aromatic nitrogens is 2. The van der Waals surface area contributed by atoms with Gasteiger partial charge >= 0.3 is 5.97 Å². The molecule has 0 radical (unpaired) electrons. The van der Waals surface area contributed by atoms with E-state index in [2.05, 4.69) is 4.98 Å². The topological polar surface area (TPSA) is 60.7 Å². The van der Waals surface area contributed by atoms with Gasteiger partial charge in [-0.25, -0.2) is 18.6 Å². The van der Waals surface area contributed by atoms with Crippen LogP contribution in [0.2, 0.25) is 5.02 Å². The van der Waals surface area contributed by atoms with Crippen LogP contribution in [0.4, 0.5) is 8.78 Å². The first-order valence-corrected chi connectivity index (χ1v) is 7.11. The van der Waals surface area contributed by atoms with Crippen LogP contribution in [0.5, 0.6) is 0 Å². The molecule has 3 rings (SSSR count). The van der Waals surface area contributed by atoms with Crippen molar-refractivity contribution in [2.45, 2.75) is 6.61 Å². The lowest BCUT2D eigenvalue weighted by Gasteiger charge is -2.06. The smallest absolute Gasteiger partial charge is 0.338 e. The SMILES string of the molecule is O=C(OCc1cc(=O)n2cc(Cl)ccc2n1)c1cc(F)cc(F)c1. The van der Waals surface area contributed by atoms with Crippen molar-refractivity contribution in [3.63, 3.8) is 0 Å². The molecule has 0 bridgehead atoms. The quantitative estimate of drug-likeness (QED) is 0.681. The first-order valence-electron chi connectivity index (χ1n) is 6.73. The summed E-state index contributed by atoms with van der Waals surface area (Å²) in [5, 5.41) is 0.374. The van der Waals surface area contributed by atoms with Gasteiger partial charge in [-0.15, -0.1) is 0 Å². The van der Waals surface area contributed by atoms with E-state index in [1.54, 1.807) is 6.07 Å². The highest BCUT2D eigenvalue weighted by molar-refractivity contribution is 6.30. The molecule has 24 heavy (non-hydrogen) atoms. The molecule has 2 heterocycles. The maximum absolute atomic E-state index is 13.1. The maximum atomic E-state index is 13.1. The Kier molecular flexibility index (Phi) is 4.26. The van der Waals surface area contributed by atoms with E-state index < -0.39 is 23.2 Å². The lowest BCUT2D eigenvalue weighted by atomic mass is 10.2. The third-order valence-electron chi connectivity index (χ3n) is 3.13. The van der Waals surface area contributed by atoms with Crippen LogP contribution < -0.4 is 5.56 Å². The van der Waals surface area contributed by atoms with Crippen LogP contribution in [0.3, 0.4) is 0 Å². The molecular formula is C16H9ClF2N2O3. The van der Waals surface area contributed by atoms with Gasteiger partial charge in [0.15, 0.2) is 0 Å². The number of benzene rings is 1. The van der Waals surface area contributed by atoms with E-state index in [0.29, 0.717) is 16.7 Å². The number of carbonyl (C=O) groups is 1. The first-order chi connectivity index (χ1) is 11.4. The Morgan fingerprint density at radius 1 is 1.17 bits per heavy atom. The summed E-state index contributed by atoms with van der Waals surface area (Å²) in [5.41, 5.74) is -0.135. The fourth-order valence-corrected chi connectivity index (χ4v) is 2.26. The van der Waals surface area contributed by atoms with Gasteiger partial charge in [-0.1, -0.05) is 11.6 Å². The molecule has 0 spiro atoms. The number of rotatable bonds is 3. The zero-order valence-electron chi connectivity index (χ0n) is 12.0. The minimum absolute atomic E-state index is 0.201. The van der Waals surface area contributed by atoms with Crippen molar-refractivity contribution in [1.29, 1.82) is 0 Å². The van der Waals surface area contributed by atoms with E-state index in [0.717, 1.165) is 12.1 Å². The number of carbonyl (C=O) groups excluding carboxylic acids is 1. The third-order valence-corrected chi connectivity index (χ3v) is 3.35. The number of hydrogen-bond donors (Lipinski definition) is 0. The van der Waals surface area contributed by atoms with Gasteiger partial charge in [-0.3, -0.25) is 9.20 Å². The molecule has 0 saturated heterocycles. The summed E-state index contributed by atoms with van der Waals surface area (Å²) < 4.78 is 32.4. The van der Waals surface area contributed by atoms with Crippen molar-refractivity contribution in [2.24, 2.45) is 0 Å². The zero-order valence-corrected chi connectivity index (χ0v) is 12.8. The fraction of sp³-hybridized carbons (Fsp3) is 0.0625. The highest BCUT2D eigenvalue weighted by atomic mass is 35.5. The number of halogens is 3. The summed E-state index contributed by atoms with van der Waals surface area (Å²) in [4.78, 5) is 28.0. The highest BCUT2D eigenvalue weighted by Gasteiger charge is 2.12. The number of esters is 1. The Hall–Kier alpha value is -2.80. The molecule has 0 fully saturated rings. The molecular weight excluding hydrogens is 342 g/mol. The summed E-state index contributed by atoms with van der Waals surface area (Å²) in [7, 11) is 0. The molecule has 3 aromatic rings. The van der Waals surface area contributed by atoms with Crippen LogP contribution in [0.25, 0.3) is 5.65 Å². The number of fused-ring (bicyclic) bond motifs is 1. The molecule has 0 unspecified atom stereocenters. The second-order valence-corrected chi connectivity index (χ2v) is 5.33. The molecule has 0 atom stereocenters. The molecule has 122 valence electrons. The molecule has 8 heteroatoms. The van der Waals surface area contributed by atoms with Crippen LogP contribution in [-0.2, 0) is 11.3 Å². The van der Waals surface area contributed by atoms with Gasteiger partial charge in [0.2, 0.25) is 0 Å². The fourth-order valence-electron chi connectivity index (χ4n) is 2.09. The second kappa shape index (κ2) is 6.37. The Morgan fingerprint density at radius 3 is 2.58 bits per heavy atom. The Labute approximate surface area is 139 Å². The predicted octanol–water partition coefficient (Wildman–Crippen LogP) is 2.98. The minimum Gasteiger partial charge on any atom is -0.456 e. The van der Waals surface area contributed by atoms with Gasteiger partial charge < -0.3 is 4.74 Å². The molecule has 0 aliphatic heterocycles. The van der Waals surface area contributed by atoms with Crippen LogP contribution in [0.15, 0.2) is 47.4 Å². The van der Waals surface area contributed by atoms with Gasteiger partial charge in [0.05, 0.1) is 16.3 Å². The summed E-state index contributed by atoms with van der Waals surface area (Å²) in [6.07, 6.45) is 1.41. The predicted molar refractivity (Wildman–Crippen MR) is 81.9 cm³/mol. The molecule has 0 aliphatic rings. The molecule has 1 aromatic carbocycles. The Bertz CT molecular complexity index is 984. The van der Waals surface area contributed by atoms with Crippen molar-refractivity contribution >= 4 is 23.2 Å². The minimum atomic E-state index is -0.925. The van der Waals surface area contributed by atoms with Crippen molar-refractivity contribution in [3.05, 3.63) is 80.9 Å². The number of hydrogen-bond acceptors (Lipinski definition) is 4. The summed E-state index contributed by atoms with van der Waals surface area (Å²) in [6, 6.07) is 6.65. The monoisotopic (exact) mass is 350 g/mol. The van der Waals surface area contributed by atoms with E-state index >= 15 is 0 Å². The van der Waals surface area contributed by atoms with Crippen LogP contribution in [0, 0.1) is 11.6 Å². The first kappa shape index (κ1) is 16.1. The van der Waals surface area contributed by atoms with Crippen LogP contribution in [0.1, 0.15) is 16.1 Å². The largest absolute Gasteiger partial charge is 0.456 e. The Balaban J connectivity index is 1.81. The van der Waals surface area contributed by atoms with Crippen molar-refractivity contribution in [3.8, 4) is 0 Å². The van der Waals surface area contributed by atoms with E-state index in [1.807, 2.05) is 0 Å². The van der Waals surface area contributed by atoms with E-state index in [-0.39, 0.29) is 17.9 Å². The molecule has 0 amide bonds. The third kappa shape index (κ3) is 3.41. The second-order valence-electron chi connectivity index (χ2n) is 4.90. The number of nitrogens with zero attached hydrogens (tertiary/aromatic N) is 2. The molecule has 5 nitrogen and oxygen atoms in total. The zero-order chi connectivity index (χ0) is 17.3. The van der Waals surface area contributed by atoms with Crippen LogP contribution >= 0.6 is 11.6 Å². The van der Waals surface area contributed by atoms with Crippen molar-refractivity contribution in [2.75, 3.05) is 0 Å². The maximum Gasteiger partial charge on any atom is 0.338 e. The average Bonchev–Trinajstić information content (AvgIpc) is 2.52. The molecule has 0 aliphatic carbocycles. The normalized spacial score (nSPS) is 10.8. The van der Waals surface area contributed by atoms with Crippen LogP contribution in [-0.4, -0.2) is 15.4 Å². The lowest BCUT2D eigenvalue weighted by Crippen LogP contribution is -2.16. The van der Waals surface area contributed by atoms with Crippen molar-refractivity contribution in [1.82, 2.24) is 9.38 Å². The van der Waals surface area contributed by atoms with Gasteiger partial charge in [-0.05, 0) is 24.3 Å². The van der Waals surface area contributed by atoms with Gasteiger partial charge in [0, 0.05) is 18.3 Å². The van der Waals surface area contributed by atoms with E-state index in [1.165, 1.54) is 22.7 Å². The lowest BCUT2D eigenvalue weighted by molar-refractivity contribution is 0.0466. The number of ether oxygens (including phenoxy) is 1. The highest BCUT2D eigenvalue weighted by Crippen LogP contribution is 2.11.